The van der Waals surface area contributed by atoms with Gasteiger partial charge in [-0.3, -0.25) is 0 Å². The molecule has 70 valence electrons. The van der Waals surface area contributed by atoms with Gasteiger partial charge >= 0.3 is 0 Å². The molecule has 0 spiro atoms. The molecule has 0 N–H and O–H groups in total. The molecule has 2 rings (SSSR count). The molecule has 1 aliphatic carbocycles. The summed E-state index contributed by atoms with van der Waals surface area (Å²) < 4.78 is 0. The first-order valence-electron chi connectivity index (χ1n) is 5.49. The van der Waals surface area contributed by atoms with Crippen LogP contribution in [-0.4, -0.2) is 24.0 Å². The highest BCUT2D eigenvalue weighted by molar-refractivity contribution is 4.85. The lowest BCUT2D eigenvalue weighted by Gasteiger charge is -2.44. The van der Waals surface area contributed by atoms with E-state index in [0.717, 1.165) is 17.9 Å². The van der Waals surface area contributed by atoms with Gasteiger partial charge < -0.3 is 4.90 Å². The third-order valence-electron chi connectivity index (χ3n) is 3.61. The van der Waals surface area contributed by atoms with Crippen molar-refractivity contribution in [1.82, 2.24) is 4.90 Å². The standard InChI is InChI=1S/C11H21N/c1-9(2)12-7-11(8-12)6-10-4-3-5-10/h9-11H,3-8H2,1-2H3. The van der Waals surface area contributed by atoms with Crippen LogP contribution in [0.15, 0.2) is 0 Å². The van der Waals surface area contributed by atoms with Crippen molar-refractivity contribution in [1.29, 1.82) is 0 Å². The van der Waals surface area contributed by atoms with E-state index in [-0.39, 0.29) is 0 Å². The lowest BCUT2D eigenvalue weighted by atomic mass is 9.77. The molecule has 1 heterocycles. The summed E-state index contributed by atoms with van der Waals surface area (Å²) in [4.78, 5) is 2.59. The van der Waals surface area contributed by atoms with Gasteiger partial charge in [-0.15, -0.1) is 0 Å². The molecule has 1 aliphatic heterocycles. The molecule has 2 fully saturated rings. The Morgan fingerprint density at radius 3 is 2.25 bits per heavy atom. The molecule has 0 bridgehead atoms. The van der Waals surface area contributed by atoms with Crippen LogP contribution in [0.5, 0.6) is 0 Å². The van der Waals surface area contributed by atoms with E-state index in [1.54, 1.807) is 0 Å². The summed E-state index contributed by atoms with van der Waals surface area (Å²) in [5, 5.41) is 0. The topological polar surface area (TPSA) is 3.24 Å². The van der Waals surface area contributed by atoms with E-state index in [2.05, 4.69) is 18.7 Å². The van der Waals surface area contributed by atoms with Crippen molar-refractivity contribution in [3.8, 4) is 0 Å². The average molecular weight is 167 g/mol. The molecule has 0 aromatic rings. The van der Waals surface area contributed by atoms with Crippen molar-refractivity contribution < 1.29 is 0 Å². The molecule has 1 saturated heterocycles. The molecular weight excluding hydrogens is 146 g/mol. The minimum atomic E-state index is 0.780. The van der Waals surface area contributed by atoms with Crippen LogP contribution in [-0.2, 0) is 0 Å². The van der Waals surface area contributed by atoms with Crippen LogP contribution >= 0.6 is 0 Å². The second-order valence-electron chi connectivity index (χ2n) is 4.95. The van der Waals surface area contributed by atoms with E-state index < -0.39 is 0 Å². The molecule has 0 unspecified atom stereocenters. The quantitative estimate of drug-likeness (QED) is 0.624. The normalized spacial score (nSPS) is 27.2. The van der Waals surface area contributed by atoms with Gasteiger partial charge in [0, 0.05) is 19.1 Å². The third-order valence-corrected chi connectivity index (χ3v) is 3.61. The fourth-order valence-corrected chi connectivity index (χ4v) is 2.38. The molecule has 0 amide bonds. The molecule has 0 radical (unpaired) electrons. The van der Waals surface area contributed by atoms with E-state index >= 15 is 0 Å². The maximum atomic E-state index is 2.59. The highest BCUT2D eigenvalue weighted by Crippen LogP contribution is 2.35. The summed E-state index contributed by atoms with van der Waals surface area (Å²) in [5.74, 6) is 2.17. The van der Waals surface area contributed by atoms with Gasteiger partial charge in [-0.2, -0.15) is 0 Å². The van der Waals surface area contributed by atoms with Gasteiger partial charge in [0.25, 0.3) is 0 Å². The number of hydrogen-bond acceptors (Lipinski definition) is 1. The first kappa shape index (κ1) is 8.55. The molecule has 12 heavy (non-hydrogen) atoms. The summed E-state index contributed by atoms with van der Waals surface area (Å²) in [7, 11) is 0. The van der Waals surface area contributed by atoms with Gasteiger partial charge in [0.15, 0.2) is 0 Å². The SMILES string of the molecule is CC(C)N1CC(CC2CCC2)C1. The predicted octanol–water partition coefficient (Wildman–Crippen LogP) is 2.52. The minimum Gasteiger partial charge on any atom is -0.300 e. The first-order chi connectivity index (χ1) is 5.75. The zero-order chi connectivity index (χ0) is 8.55. The van der Waals surface area contributed by atoms with E-state index in [9.17, 15) is 0 Å². The molecule has 1 saturated carbocycles. The Labute approximate surface area is 76.1 Å². The van der Waals surface area contributed by atoms with Crippen molar-refractivity contribution in [2.75, 3.05) is 13.1 Å². The van der Waals surface area contributed by atoms with Gasteiger partial charge in [0.1, 0.15) is 0 Å². The Bertz CT molecular complexity index is 143. The molecule has 0 aromatic heterocycles. The Kier molecular flexibility index (Phi) is 2.40. The van der Waals surface area contributed by atoms with Crippen molar-refractivity contribution >= 4 is 0 Å². The molecule has 0 aromatic carbocycles. The van der Waals surface area contributed by atoms with Crippen molar-refractivity contribution in [2.45, 2.75) is 45.6 Å². The lowest BCUT2D eigenvalue weighted by Crippen LogP contribution is -2.50. The van der Waals surface area contributed by atoms with Crippen LogP contribution in [0.4, 0.5) is 0 Å². The fourth-order valence-electron chi connectivity index (χ4n) is 2.38. The van der Waals surface area contributed by atoms with Crippen LogP contribution in [0.2, 0.25) is 0 Å². The molecule has 0 atom stereocenters. The number of nitrogens with zero attached hydrogens (tertiary/aromatic N) is 1. The van der Waals surface area contributed by atoms with Gasteiger partial charge in [0.05, 0.1) is 0 Å². The van der Waals surface area contributed by atoms with Crippen molar-refractivity contribution in [3.63, 3.8) is 0 Å². The average Bonchev–Trinajstić information content (AvgIpc) is 1.79. The highest BCUT2D eigenvalue weighted by atomic mass is 15.2. The van der Waals surface area contributed by atoms with E-state index in [1.807, 2.05) is 0 Å². The Hall–Kier alpha value is -0.0400. The van der Waals surface area contributed by atoms with Gasteiger partial charge in [-0.05, 0) is 32.1 Å². The Morgan fingerprint density at radius 1 is 1.17 bits per heavy atom. The van der Waals surface area contributed by atoms with Gasteiger partial charge in [-0.1, -0.05) is 19.3 Å². The molecule has 1 nitrogen and oxygen atoms in total. The van der Waals surface area contributed by atoms with Crippen LogP contribution in [0.3, 0.4) is 0 Å². The zero-order valence-electron chi connectivity index (χ0n) is 8.42. The number of hydrogen-bond donors (Lipinski definition) is 0. The van der Waals surface area contributed by atoms with E-state index in [0.29, 0.717) is 0 Å². The summed E-state index contributed by atoms with van der Waals surface area (Å²) in [6, 6.07) is 0.780. The maximum absolute atomic E-state index is 2.59. The molecule has 1 heteroatoms. The monoisotopic (exact) mass is 167 g/mol. The molecular formula is C11H21N. The minimum absolute atomic E-state index is 0.780. The number of rotatable bonds is 3. The van der Waals surface area contributed by atoms with Gasteiger partial charge in [0.2, 0.25) is 0 Å². The van der Waals surface area contributed by atoms with Crippen LogP contribution in [0, 0.1) is 11.8 Å². The van der Waals surface area contributed by atoms with E-state index in [1.165, 1.54) is 38.8 Å². The van der Waals surface area contributed by atoms with Crippen LogP contribution in [0.1, 0.15) is 39.5 Å². The van der Waals surface area contributed by atoms with Crippen molar-refractivity contribution in [2.24, 2.45) is 11.8 Å². The van der Waals surface area contributed by atoms with Gasteiger partial charge in [-0.25, -0.2) is 0 Å². The van der Waals surface area contributed by atoms with Crippen LogP contribution in [0.25, 0.3) is 0 Å². The fraction of sp³-hybridized carbons (Fsp3) is 1.00. The van der Waals surface area contributed by atoms with E-state index in [4.69, 9.17) is 0 Å². The second kappa shape index (κ2) is 3.37. The summed E-state index contributed by atoms with van der Waals surface area (Å²) in [5.41, 5.74) is 0. The smallest absolute Gasteiger partial charge is 0.00388 e. The Morgan fingerprint density at radius 2 is 1.83 bits per heavy atom. The van der Waals surface area contributed by atoms with Crippen molar-refractivity contribution in [3.05, 3.63) is 0 Å². The summed E-state index contributed by atoms with van der Waals surface area (Å²) >= 11 is 0. The van der Waals surface area contributed by atoms with Crippen LogP contribution < -0.4 is 0 Å². The highest BCUT2D eigenvalue weighted by Gasteiger charge is 2.31. The Balaban J connectivity index is 1.61. The maximum Gasteiger partial charge on any atom is 0.00388 e. The summed E-state index contributed by atoms with van der Waals surface area (Å²) in [6.45, 7) is 7.38. The second-order valence-corrected chi connectivity index (χ2v) is 4.95. The largest absolute Gasteiger partial charge is 0.300 e. The third kappa shape index (κ3) is 1.66. The predicted molar refractivity (Wildman–Crippen MR) is 52.2 cm³/mol. The summed E-state index contributed by atoms with van der Waals surface area (Å²) in [6.07, 6.45) is 6.09. The first-order valence-corrected chi connectivity index (χ1v) is 5.49. The zero-order valence-corrected chi connectivity index (χ0v) is 8.42. The lowest BCUT2D eigenvalue weighted by molar-refractivity contribution is 0.0431. The molecule has 2 aliphatic rings. The number of likely N-dealkylation sites (tertiary alicyclic amines) is 1.